The van der Waals surface area contributed by atoms with Crippen molar-refractivity contribution in [3.05, 3.63) is 53.9 Å². The minimum Gasteiger partial charge on any atom is -0.507 e. The molecule has 0 saturated heterocycles. The van der Waals surface area contributed by atoms with Crippen LogP contribution in [0.25, 0.3) is 0 Å². The van der Waals surface area contributed by atoms with Gasteiger partial charge in [0, 0.05) is 18.0 Å². The van der Waals surface area contributed by atoms with Crippen LogP contribution in [0.5, 0.6) is 11.5 Å². The molecule has 1 aliphatic rings. The van der Waals surface area contributed by atoms with Gasteiger partial charge in [-0.25, -0.2) is 0 Å². The highest BCUT2D eigenvalue weighted by atomic mass is 16.5. The normalized spacial score (nSPS) is 25.7. The molecule has 7 nitrogen and oxygen atoms in total. The average molecular weight is 359 g/mol. The van der Waals surface area contributed by atoms with Crippen molar-refractivity contribution >= 4 is 5.78 Å². The molecular formula is C19H21NO6. The highest BCUT2D eigenvalue weighted by molar-refractivity contribution is 5.99. The van der Waals surface area contributed by atoms with E-state index >= 15 is 0 Å². The lowest BCUT2D eigenvalue weighted by molar-refractivity contribution is -0.128. The lowest BCUT2D eigenvalue weighted by atomic mass is 9.89. The van der Waals surface area contributed by atoms with Gasteiger partial charge < -0.3 is 25.2 Å². The number of ketones is 1. The van der Waals surface area contributed by atoms with E-state index in [1.165, 1.54) is 18.2 Å². The van der Waals surface area contributed by atoms with Crippen LogP contribution in [0.4, 0.5) is 0 Å². The number of carbonyl (C=O) groups is 1. The van der Waals surface area contributed by atoms with E-state index in [9.17, 15) is 25.2 Å². The lowest BCUT2D eigenvalue weighted by Gasteiger charge is -2.35. The zero-order valence-corrected chi connectivity index (χ0v) is 14.0. The fourth-order valence-corrected chi connectivity index (χ4v) is 3.01. The van der Waals surface area contributed by atoms with Crippen molar-refractivity contribution < 1.29 is 30.0 Å². The topological polar surface area (TPSA) is 120 Å². The Morgan fingerprint density at radius 2 is 1.92 bits per heavy atom. The van der Waals surface area contributed by atoms with Gasteiger partial charge in [-0.2, -0.15) is 0 Å². The number of aliphatic hydroxyl groups excluding tert-OH is 3. The number of phenolic OH excluding ortho intramolecular Hbond substituents is 1. The molecule has 4 N–H and O–H groups in total. The minimum atomic E-state index is -1.28. The van der Waals surface area contributed by atoms with Gasteiger partial charge in [0.15, 0.2) is 5.78 Å². The maximum absolute atomic E-state index is 12.3. The molecule has 1 saturated carbocycles. The molecule has 1 aliphatic carbocycles. The molecule has 0 amide bonds. The summed E-state index contributed by atoms with van der Waals surface area (Å²) in [6.45, 7) is 0. The molecule has 2 aromatic rings. The number of ether oxygens (including phenoxy) is 1. The van der Waals surface area contributed by atoms with Gasteiger partial charge in [-0.1, -0.05) is 6.07 Å². The van der Waals surface area contributed by atoms with Crippen molar-refractivity contribution in [3.63, 3.8) is 0 Å². The molecule has 0 radical (unpaired) electrons. The second-order valence-electron chi connectivity index (χ2n) is 6.38. The number of aromatic nitrogens is 1. The predicted octanol–water partition coefficient (Wildman–Crippen LogP) is 0.836. The van der Waals surface area contributed by atoms with Crippen LogP contribution < -0.4 is 4.74 Å². The number of pyridine rings is 1. The molecular weight excluding hydrogens is 338 g/mol. The Kier molecular flexibility index (Phi) is 5.51. The maximum atomic E-state index is 12.3. The van der Waals surface area contributed by atoms with Crippen molar-refractivity contribution in [2.75, 3.05) is 0 Å². The van der Waals surface area contributed by atoms with E-state index in [0.29, 0.717) is 18.5 Å². The first-order valence-electron chi connectivity index (χ1n) is 8.42. The molecule has 1 heterocycles. The number of hydrogen-bond acceptors (Lipinski definition) is 7. The van der Waals surface area contributed by atoms with Crippen molar-refractivity contribution in [2.45, 2.75) is 43.7 Å². The van der Waals surface area contributed by atoms with E-state index in [1.54, 1.807) is 24.4 Å². The standard InChI is InChI=1S/C19H21NO6/c21-14-6-7-17(19(25)18(14)24)26-12-4-5-13(16(23)10-12)15(22)9-11-3-1-2-8-20-11/h1-5,8,10,14,17-19,21,23-25H,6-7,9H2. The smallest absolute Gasteiger partial charge is 0.172 e. The first kappa shape index (κ1) is 18.3. The molecule has 26 heavy (non-hydrogen) atoms. The summed E-state index contributed by atoms with van der Waals surface area (Å²) in [6.07, 6.45) is -1.86. The second-order valence-corrected chi connectivity index (χ2v) is 6.38. The molecule has 1 fully saturated rings. The Balaban J connectivity index is 1.68. The number of nitrogens with zero attached hydrogens (tertiary/aromatic N) is 1. The number of phenols is 1. The molecule has 4 atom stereocenters. The van der Waals surface area contributed by atoms with Crippen LogP contribution in [0.1, 0.15) is 28.9 Å². The van der Waals surface area contributed by atoms with Crippen LogP contribution >= 0.6 is 0 Å². The number of carbonyl (C=O) groups excluding carboxylic acids is 1. The van der Waals surface area contributed by atoms with Crippen LogP contribution in [-0.4, -0.2) is 55.6 Å². The third kappa shape index (κ3) is 4.01. The third-order valence-corrected chi connectivity index (χ3v) is 4.50. The first-order valence-corrected chi connectivity index (χ1v) is 8.42. The summed E-state index contributed by atoms with van der Waals surface area (Å²) in [5.41, 5.74) is 0.762. The molecule has 3 rings (SSSR count). The highest BCUT2D eigenvalue weighted by Gasteiger charge is 2.37. The Morgan fingerprint density at radius 1 is 1.12 bits per heavy atom. The molecule has 138 valence electrons. The quantitative estimate of drug-likeness (QED) is 0.584. The molecule has 7 heteroatoms. The summed E-state index contributed by atoms with van der Waals surface area (Å²) >= 11 is 0. The lowest BCUT2D eigenvalue weighted by Crippen LogP contribution is -2.51. The van der Waals surface area contributed by atoms with Crippen LogP contribution in [0.3, 0.4) is 0 Å². The summed E-state index contributed by atoms with van der Waals surface area (Å²) in [4.78, 5) is 16.4. The van der Waals surface area contributed by atoms with Gasteiger partial charge in [0.2, 0.25) is 0 Å². The van der Waals surface area contributed by atoms with Crippen LogP contribution in [0, 0.1) is 0 Å². The molecule has 4 unspecified atom stereocenters. The fourth-order valence-electron chi connectivity index (χ4n) is 3.01. The van der Waals surface area contributed by atoms with Gasteiger partial charge in [-0.15, -0.1) is 0 Å². The SMILES string of the molecule is O=C(Cc1ccccn1)c1ccc(OC2CCC(O)C(O)C2O)cc1O. The van der Waals surface area contributed by atoms with Gasteiger partial charge in [-0.3, -0.25) is 9.78 Å². The zero-order valence-electron chi connectivity index (χ0n) is 14.0. The van der Waals surface area contributed by atoms with Crippen molar-refractivity contribution in [3.8, 4) is 11.5 Å². The Bertz CT molecular complexity index is 766. The fraction of sp³-hybridized carbons (Fsp3) is 0.368. The number of Topliss-reactive ketones (excluding diaryl/α,β-unsaturated/α-hetero) is 1. The zero-order chi connectivity index (χ0) is 18.7. The number of rotatable bonds is 5. The van der Waals surface area contributed by atoms with Crippen molar-refractivity contribution in [1.29, 1.82) is 0 Å². The Morgan fingerprint density at radius 3 is 2.62 bits per heavy atom. The van der Waals surface area contributed by atoms with Gasteiger partial charge in [0.1, 0.15) is 29.8 Å². The van der Waals surface area contributed by atoms with Crippen LogP contribution in [0.15, 0.2) is 42.6 Å². The highest BCUT2D eigenvalue weighted by Crippen LogP contribution is 2.29. The van der Waals surface area contributed by atoms with E-state index < -0.39 is 24.4 Å². The number of aliphatic hydroxyl groups is 3. The Labute approximate surface area is 150 Å². The van der Waals surface area contributed by atoms with E-state index in [4.69, 9.17) is 4.74 Å². The molecule has 0 aliphatic heterocycles. The molecule has 0 bridgehead atoms. The third-order valence-electron chi connectivity index (χ3n) is 4.50. The van der Waals surface area contributed by atoms with Gasteiger partial charge in [-0.05, 0) is 37.1 Å². The number of benzene rings is 1. The van der Waals surface area contributed by atoms with Gasteiger partial charge >= 0.3 is 0 Å². The largest absolute Gasteiger partial charge is 0.507 e. The van der Waals surface area contributed by atoms with E-state index in [1.807, 2.05) is 0 Å². The monoisotopic (exact) mass is 359 g/mol. The van der Waals surface area contributed by atoms with Gasteiger partial charge in [0.05, 0.1) is 18.1 Å². The summed E-state index contributed by atoms with van der Waals surface area (Å²) in [6, 6.07) is 9.55. The molecule has 1 aromatic carbocycles. The van der Waals surface area contributed by atoms with E-state index in [2.05, 4.69) is 4.98 Å². The van der Waals surface area contributed by atoms with Crippen molar-refractivity contribution in [1.82, 2.24) is 4.98 Å². The predicted molar refractivity (Wildman–Crippen MR) is 92.0 cm³/mol. The molecule has 0 spiro atoms. The van der Waals surface area contributed by atoms with Crippen LogP contribution in [0.2, 0.25) is 0 Å². The van der Waals surface area contributed by atoms with Crippen LogP contribution in [-0.2, 0) is 6.42 Å². The molecule has 1 aromatic heterocycles. The second kappa shape index (κ2) is 7.82. The van der Waals surface area contributed by atoms with Crippen molar-refractivity contribution in [2.24, 2.45) is 0 Å². The average Bonchev–Trinajstić information content (AvgIpc) is 2.63. The number of hydrogen-bond donors (Lipinski definition) is 4. The number of aromatic hydroxyl groups is 1. The maximum Gasteiger partial charge on any atom is 0.172 e. The summed E-state index contributed by atoms with van der Waals surface area (Å²) in [5.74, 6) is -0.233. The summed E-state index contributed by atoms with van der Waals surface area (Å²) < 4.78 is 5.62. The first-order chi connectivity index (χ1) is 12.5. The Hall–Kier alpha value is -2.48. The van der Waals surface area contributed by atoms with E-state index in [-0.39, 0.29) is 29.3 Å². The summed E-state index contributed by atoms with van der Waals surface area (Å²) in [5, 5.41) is 39.4. The minimum absolute atomic E-state index is 0.0695. The summed E-state index contributed by atoms with van der Waals surface area (Å²) in [7, 11) is 0. The van der Waals surface area contributed by atoms with Gasteiger partial charge in [0.25, 0.3) is 0 Å². The van der Waals surface area contributed by atoms with E-state index in [0.717, 1.165) is 0 Å².